The number of benzene rings is 1. The molecule has 17 heavy (non-hydrogen) atoms. The highest BCUT2D eigenvalue weighted by atomic mass is 32.2. The summed E-state index contributed by atoms with van der Waals surface area (Å²) in [5.41, 5.74) is 4.20. The Morgan fingerprint density at radius 2 is 2.18 bits per heavy atom. The SMILES string of the molecule is COCCCC(CSc1ccccc1C)NN. The number of aryl methyl sites for hydroxylation is 1. The fourth-order valence-electron chi connectivity index (χ4n) is 1.60. The molecule has 0 aliphatic heterocycles. The van der Waals surface area contributed by atoms with Gasteiger partial charge in [-0.1, -0.05) is 18.2 Å². The third-order valence-electron chi connectivity index (χ3n) is 2.67. The third kappa shape index (κ3) is 5.55. The van der Waals surface area contributed by atoms with Crippen molar-refractivity contribution in [3.8, 4) is 0 Å². The molecule has 1 rings (SSSR count). The van der Waals surface area contributed by atoms with Gasteiger partial charge in [0.2, 0.25) is 0 Å². The fraction of sp³-hybridized carbons (Fsp3) is 0.538. The van der Waals surface area contributed by atoms with E-state index in [2.05, 4.69) is 36.6 Å². The van der Waals surface area contributed by atoms with Crippen LogP contribution in [0.2, 0.25) is 0 Å². The summed E-state index contributed by atoms with van der Waals surface area (Å²) in [6.45, 7) is 2.94. The van der Waals surface area contributed by atoms with Crippen LogP contribution >= 0.6 is 11.8 Å². The minimum atomic E-state index is 0.342. The molecule has 1 unspecified atom stereocenters. The van der Waals surface area contributed by atoms with Gasteiger partial charge in [-0.05, 0) is 31.4 Å². The second kappa shape index (κ2) is 8.53. The van der Waals surface area contributed by atoms with Crippen LogP contribution in [-0.4, -0.2) is 25.5 Å². The Kier molecular flexibility index (Phi) is 7.28. The Labute approximate surface area is 108 Å². The molecule has 0 aliphatic carbocycles. The quantitative estimate of drug-likeness (QED) is 0.323. The van der Waals surface area contributed by atoms with Crippen molar-refractivity contribution in [2.75, 3.05) is 19.5 Å². The highest BCUT2D eigenvalue weighted by Crippen LogP contribution is 2.23. The summed E-state index contributed by atoms with van der Waals surface area (Å²) in [6, 6.07) is 8.78. The van der Waals surface area contributed by atoms with Crippen molar-refractivity contribution in [3.05, 3.63) is 29.8 Å². The summed E-state index contributed by atoms with van der Waals surface area (Å²) in [4.78, 5) is 1.33. The van der Waals surface area contributed by atoms with Gasteiger partial charge in [-0.3, -0.25) is 11.3 Å². The van der Waals surface area contributed by atoms with E-state index in [9.17, 15) is 0 Å². The summed E-state index contributed by atoms with van der Waals surface area (Å²) in [5.74, 6) is 6.54. The molecule has 0 bridgehead atoms. The van der Waals surface area contributed by atoms with E-state index < -0.39 is 0 Å². The van der Waals surface area contributed by atoms with E-state index in [-0.39, 0.29) is 0 Å². The number of nitrogens with one attached hydrogen (secondary N) is 1. The van der Waals surface area contributed by atoms with E-state index in [1.54, 1.807) is 7.11 Å². The number of thioether (sulfide) groups is 1. The van der Waals surface area contributed by atoms with Crippen molar-refractivity contribution in [1.82, 2.24) is 5.43 Å². The molecular formula is C13H22N2OS. The van der Waals surface area contributed by atoms with Gasteiger partial charge < -0.3 is 4.74 Å². The zero-order valence-electron chi connectivity index (χ0n) is 10.6. The molecule has 1 aromatic rings. The van der Waals surface area contributed by atoms with Crippen molar-refractivity contribution in [1.29, 1.82) is 0 Å². The molecular weight excluding hydrogens is 232 g/mol. The first-order valence-corrected chi connectivity index (χ1v) is 6.90. The Morgan fingerprint density at radius 3 is 2.82 bits per heavy atom. The van der Waals surface area contributed by atoms with Crippen LogP contribution in [0.5, 0.6) is 0 Å². The average Bonchev–Trinajstić information content (AvgIpc) is 2.35. The van der Waals surface area contributed by atoms with Crippen LogP contribution in [0.25, 0.3) is 0 Å². The number of hydrogen-bond donors (Lipinski definition) is 2. The molecule has 0 aliphatic rings. The zero-order valence-corrected chi connectivity index (χ0v) is 11.4. The monoisotopic (exact) mass is 254 g/mol. The normalized spacial score (nSPS) is 12.6. The number of ether oxygens (including phenoxy) is 1. The lowest BCUT2D eigenvalue weighted by molar-refractivity contribution is 0.189. The van der Waals surface area contributed by atoms with Crippen LogP contribution in [0.4, 0.5) is 0 Å². The fourth-order valence-corrected chi connectivity index (χ4v) is 2.71. The smallest absolute Gasteiger partial charge is 0.0462 e. The Bertz CT molecular complexity index is 320. The van der Waals surface area contributed by atoms with Crippen molar-refractivity contribution in [2.24, 2.45) is 5.84 Å². The van der Waals surface area contributed by atoms with Crippen molar-refractivity contribution in [3.63, 3.8) is 0 Å². The van der Waals surface area contributed by atoms with Crippen LogP contribution in [0.15, 0.2) is 29.2 Å². The number of rotatable bonds is 8. The van der Waals surface area contributed by atoms with Crippen LogP contribution in [0, 0.1) is 6.92 Å². The van der Waals surface area contributed by atoms with E-state index in [1.807, 2.05) is 11.8 Å². The molecule has 3 nitrogen and oxygen atoms in total. The minimum absolute atomic E-state index is 0.342. The maximum Gasteiger partial charge on any atom is 0.0462 e. The van der Waals surface area contributed by atoms with Crippen molar-refractivity contribution >= 4 is 11.8 Å². The summed E-state index contributed by atoms with van der Waals surface area (Å²) < 4.78 is 5.04. The topological polar surface area (TPSA) is 47.3 Å². The maximum atomic E-state index is 5.55. The van der Waals surface area contributed by atoms with Gasteiger partial charge in [0.1, 0.15) is 0 Å². The zero-order chi connectivity index (χ0) is 12.5. The first kappa shape index (κ1) is 14.5. The summed E-state index contributed by atoms with van der Waals surface area (Å²) in [6.07, 6.45) is 2.09. The van der Waals surface area contributed by atoms with Gasteiger partial charge in [0.05, 0.1) is 0 Å². The molecule has 96 valence electrons. The van der Waals surface area contributed by atoms with Crippen LogP contribution < -0.4 is 11.3 Å². The second-order valence-electron chi connectivity index (χ2n) is 4.08. The molecule has 0 saturated heterocycles. The number of nitrogens with two attached hydrogens (primary N) is 1. The highest BCUT2D eigenvalue weighted by Gasteiger charge is 2.07. The van der Waals surface area contributed by atoms with Gasteiger partial charge in [0, 0.05) is 30.4 Å². The summed E-state index contributed by atoms with van der Waals surface area (Å²) >= 11 is 1.85. The Balaban J connectivity index is 2.34. The van der Waals surface area contributed by atoms with E-state index in [0.29, 0.717) is 6.04 Å². The maximum absolute atomic E-state index is 5.55. The predicted octanol–water partition coefficient (Wildman–Crippen LogP) is 2.35. The lowest BCUT2D eigenvalue weighted by Crippen LogP contribution is -2.37. The minimum Gasteiger partial charge on any atom is -0.385 e. The molecule has 0 fully saturated rings. The molecule has 0 saturated carbocycles. The summed E-state index contributed by atoms with van der Waals surface area (Å²) in [5, 5.41) is 0. The Hall–Kier alpha value is -0.550. The van der Waals surface area contributed by atoms with E-state index in [1.165, 1.54) is 10.5 Å². The van der Waals surface area contributed by atoms with E-state index in [4.69, 9.17) is 10.6 Å². The molecule has 1 aromatic carbocycles. The molecule has 0 heterocycles. The molecule has 3 N–H and O–H groups in total. The van der Waals surface area contributed by atoms with Crippen molar-refractivity contribution in [2.45, 2.75) is 30.7 Å². The van der Waals surface area contributed by atoms with E-state index in [0.717, 1.165) is 25.2 Å². The van der Waals surface area contributed by atoms with Gasteiger partial charge in [-0.2, -0.15) is 0 Å². The first-order chi connectivity index (χ1) is 8.27. The van der Waals surface area contributed by atoms with Crippen LogP contribution in [0.3, 0.4) is 0 Å². The van der Waals surface area contributed by atoms with Gasteiger partial charge >= 0.3 is 0 Å². The van der Waals surface area contributed by atoms with Gasteiger partial charge in [0.15, 0.2) is 0 Å². The van der Waals surface area contributed by atoms with Gasteiger partial charge in [-0.25, -0.2) is 0 Å². The Morgan fingerprint density at radius 1 is 1.41 bits per heavy atom. The molecule has 0 radical (unpaired) electrons. The molecule has 0 aromatic heterocycles. The van der Waals surface area contributed by atoms with Crippen LogP contribution in [-0.2, 0) is 4.74 Å². The third-order valence-corrected chi connectivity index (χ3v) is 4.01. The number of hydrogen-bond acceptors (Lipinski definition) is 4. The molecule has 1 atom stereocenters. The summed E-state index contributed by atoms with van der Waals surface area (Å²) in [7, 11) is 1.73. The van der Waals surface area contributed by atoms with Crippen molar-refractivity contribution < 1.29 is 4.74 Å². The van der Waals surface area contributed by atoms with Gasteiger partial charge in [-0.15, -0.1) is 11.8 Å². The molecule has 0 amide bonds. The lowest BCUT2D eigenvalue weighted by atomic mass is 10.2. The standard InChI is InChI=1S/C13H22N2OS/c1-11-6-3-4-8-13(11)17-10-12(15-14)7-5-9-16-2/h3-4,6,8,12,15H,5,7,9-10,14H2,1-2H3. The highest BCUT2D eigenvalue weighted by molar-refractivity contribution is 7.99. The number of methoxy groups -OCH3 is 1. The van der Waals surface area contributed by atoms with E-state index >= 15 is 0 Å². The number of hydrazine groups is 1. The molecule has 0 spiro atoms. The largest absolute Gasteiger partial charge is 0.385 e. The molecule has 4 heteroatoms. The van der Waals surface area contributed by atoms with Crippen LogP contribution in [0.1, 0.15) is 18.4 Å². The average molecular weight is 254 g/mol. The first-order valence-electron chi connectivity index (χ1n) is 5.91. The van der Waals surface area contributed by atoms with Gasteiger partial charge in [0.25, 0.3) is 0 Å². The predicted molar refractivity (Wildman–Crippen MR) is 74.1 cm³/mol. The second-order valence-corrected chi connectivity index (χ2v) is 5.14. The lowest BCUT2D eigenvalue weighted by Gasteiger charge is -2.15.